The van der Waals surface area contributed by atoms with Gasteiger partial charge in [-0.1, -0.05) is 0 Å². The van der Waals surface area contributed by atoms with Crippen LogP contribution in [0.2, 0.25) is 0 Å². The van der Waals surface area contributed by atoms with Crippen molar-refractivity contribution in [2.45, 2.75) is 13.1 Å². The average Bonchev–Trinajstić information content (AvgIpc) is 3.00. The molecule has 2 heterocycles. The van der Waals surface area contributed by atoms with Crippen molar-refractivity contribution in [3.63, 3.8) is 0 Å². The summed E-state index contributed by atoms with van der Waals surface area (Å²) in [5, 5.41) is 3.40. The van der Waals surface area contributed by atoms with Crippen LogP contribution >= 0.6 is 11.3 Å². The Morgan fingerprint density at radius 1 is 1.24 bits per heavy atom. The minimum atomic E-state index is -4.39. The Hall–Kier alpha value is -2.61. The molecule has 130 valence electrons. The van der Waals surface area contributed by atoms with Gasteiger partial charge < -0.3 is 10.1 Å². The fraction of sp³-hybridized carbons (Fsp3) is 0.176. The van der Waals surface area contributed by atoms with Gasteiger partial charge in [0.25, 0.3) is 5.91 Å². The molecule has 0 aliphatic carbocycles. The molecule has 0 unspecified atom stereocenters. The first-order valence-corrected chi connectivity index (χ1v) is 8.21. The lowest BCUT2D eigenvalue weighted by Crippen LogP contribution is -2.21. The number of pyridine rings is 1. The van der Waals surface area contributed by atoms with Crippen LogP contribution in [0.3, 0.4) is 0 Å². The normalized spacial score (nSPS) is 11.5. The molecule has 8 heteroatoms. The largest absolute Gasteiger partial charge is 0.455 e. The molecular formula is C17H13F3N2O2S. The second-order valence-corrected chi connectivity index (χ2v) is 6.23. The zero-order chi connectivity index (χ0) is 18.0. The van der Waals surface area contributed by atoms with E-state index in [-0.39, 0.29) is 11.7 Å². The molecule has 4 nitrogen and oxygen atoms in total. The molecule has 0 aliphatic heterocycles. The van der Waals surface area contributed by atoms with Crippen molar-refractivity contribution >= 4 is 27.3 Å². The molecule has 3 aromatic rings. The van der Waals surface area contributed by atoms with Gasteiger partial charge in [-0.2, -0.15) is 13.2 Å². The highest BCUT2D eigenvalue weighted by atomic mass is 32.1. The van der Waals surface area contributed by atoms with Gasteiger partial charge in [-0.05, 0) is 37.3 Å². The maximum atomic E-state index is 12.6. The standard InChI is InChI=1S/C17H13F3N2O2S/c1-2-22-16(23)14-7-12-13(8-21-9-15(12)25-14)24-11-5-3-10(4-6-11)17(18,19)20/h3-9H,2H2,1H3,(H,22,23). The molecule has 0 saturated carbocycles. The minimum Gasteiger partial charge on any atom is -0.455 e. The summed E-state index contributed by atoms with van der Waals surface area (Å²) in [6.45, 7) is 2.34. The molecule has 3 rings (SSSR count). The van der Waals surface area contributed by atoms with Crippen molar-refractivity contribution in [3.8, 4) is 11.5 Å². The number of nitrogens with one attached hydrogen (secondary N) is 1. The molecule has 1 N–H and O–H groups in total. The van der Waals surface area contributed by atoms with Crippen LogP contribution in [0.25, 0.3) is 10.1 Å². The van der Waals surface area contributed by atoms with E-state index < -0.39 is 11.7 Å². The monoisotopic (exact) mass is 366 g/mol. The lowest BCUT2D eigenvalue weighted by Gasteiger charge is -2.09. The van der Waals surface area contributed by atoms with E-state index in [0.29, 0.717) is 22.6 Å². The fourth-order valence-electron chi connectivity index (χ4n) is 2.22. The van der Waals surface area contributed by atoms with E-state index in [1.54, 1.807) is 12.3 Å². The van der Waals surface area contributed by atoms with Crippen molar-refractivity contribution in [2.75, 3.05) is 6.54 Å². The maximum absolute atomic E-state index is 12.6. The SMILES string of the molecule is CCNC(=O)c1cc2c(Oc3ccc(C(F)(F)F)cc3)cncc2s1. The fourth-order valence-corrected chi connectivity index (χ4v) is 3.18. The molecule has 0 bridgehead atoms. The molecule has 0 radical (unpaired) electrons. The number of alkyl halides is 3. The summed E-state index contributed by atoms with van der Waals surface area (Å²) in [5.41, 5.74) is -0.745. The summed E-state index contributed by atoms with van der Waals surface area (Å²) in [6.07, 6.45) is -1.31. The Balaban J connectivity index is 1.90. The molecule has 1 amide bonds. The third kappa shape index (κ3) is 3.74. The third-order valence-corrected chi connectivity index (χ3v) is 4.45. The van der Waals surface area contributed by atoms with Gasteiger partial charge in [0.05, 0.1) is 21.3 Å². The lowest BCUT2D eigenvalue weighted by atomic mass is 10.2. The third-order valence-electron chi connectivity index (χ3n) is 3.38. The first kappa shape index (κ1) is 17.2. The van der Waals surface area contributed by atoms with Gasteiger partial charge in [0, 0.05) is 18.1 Å². The number of nitrogens with zero attached hydrogens (tertiary/aromatic N) is 1. The predicted octanol–water partition coefficient (Wildman–Crippen LogP) is 4.86. The van der Waals surface area contributed by atoms with E-state index in [9.17, 15) is 18.0 Å². The van der Waals surface area contributed by atoms with Crippen LogP contribution in [-0.4, -0.2) is 17.4 Å². The molecule has 0 aliphatic rings. The number of carbonyl (C=O) groups excluding carboxylic acids is 1. The number of carbonyl (C=O) groups is 1. The highest BCUT2D eigenvalue weighted by molar-refractivity contribution is 7.20. The Labute approximate surface area is 145 Å². The van der Waals surface area contributed by atoms with Crippen molar-refractivity contribution in [2.24, 2.45) is 0 Å². The number of halogens is 3. The summed E-state index contributed by atoms with van der Waals surface area (Å²) in [7, 11) is 0. The van der Waals surface area contributed by atoms with Gasteiger partial charge in [0.2, 0.25) is 0 Å². The number of fused-ring (bicyclic) bond motifs is 1. The van der Waals surface area contributed by atoms with Gasteiger partial charge in [0.15, 0.2) is 5.75 Å². The van der Waals surface area contributed by atoms with Crippen LogP contribution in [-0.2, 0) is 6.18 Å². The Kier molecular flexibility index (Phi) is 4.63. The highest BCUT2D eigenvalue weighted by Gasteiger charge is 2.30. The van der Waals surface area contributed by atoms with Crippen LogP contribution in [0.15, 0.2) is 42.7 Å². The minimum absolute atomic E-state index is 0.191. The molecule has 25 heavy (non-hydrogen) atoms. The number of hydrogen-bond acceptors (Lipinski definition) is 4. The Bertz CT molecular complexity index is 904. The quantitative estimate of drug-likeness (QED) is 0.718. The second-order valence-electron chi connectivity index (χ2n) is 5.14. The van der Waals surface area contributed by atoms with Crippen molar-refractivity contribution < 1.29 is 22.7 Å². The average molecular weight is 366 g/mol. The molecule has 1 aromatic carbocycles. The Morgan fingerprint density at radius 2 is 1.96 bits per heavy atom. The van der Waals surface area contributed by atoms with E-state index in [1.807, 2.05) is 6.92 Å². The summed E-state index contributed by atoms with van der Waals surface area (Å²) < 4.78 is 44.2. The number of aromatic nitrogens is 1. The molecule has 0 atom stereocenters. The van der Waals surface area contributed by atoms with Crippen LogP contribution < -0.4 is 10.1 Å². The highest BCUT2D eigenvalue weighted by Crippen LogP contribution is 2.35. The number of hydrogen-bond donors (Lipinski definition) is 1. The van der Waals surface area contributed by atoms with E-state index in [2.05, 4.69) is 10.3 Å². The zero-order valence-electron chi connectivity index (χ0n) is 13.1. The smallest absolute Gasteiger partial charge is 0.416 e. The topological polar surface area (TPSA) is 51.2 Å². The molecule has 2 aromatic heterocycles. The molecule has 0 fully saturated rings. The van der Waals surface area contributed by atoms with E-state index in [0.717, 1.165) is 16.8 Å². The van der Waals surface area contributed by atoms with E-state index >= 15 is 0 Å². The number of rotatable bonds is 4. The molecular weight excluding hydrogens is 353 g/mol. The van der Waals surface area contributed by atoms with Crippen LogP contribution in [0.5, 0.6) is 11.5 Å². The van der Waals surface area contributed by atoms with Gasteiger partial charge in [-0.15, -0.1) is 11.3 Å². The van der Waals surface area contributed by atoms with Gasteiger partial charge in [-0.3, -0.25) is 9.78 Å². The van der Waals surface area contributed by atoms with E-state index in [4.69, 9.17) is 4.74 Å². The second kappa shape index (κ2) is 6.72. The number of amides is 1. The molecule has 0 saturated heterocycles. The predicted molar refractivity (Wildman–Crippen MR) is 89.1 cm³/mol. The first-order valence-electron chi connectivity index (χ1n) is 7.39. The number of ether oxygens (including phenoxy) is 1. The number of benzene rings is 1. The molecule has 0 spiro atoms. The van der Waals surface area contributed by atoms with Crippen LogP contribution in [0.1, 0.15) is 22.2 Å². The van der Waals surface area contributed by atoms with Crippen molar-refractivity contribution in [1.29, 1.82) is 0 Å². The summed E-state index contributed by atoms with van der Waals surface area (Å²) in [6, 6.07) is 6.09. The van der Waals surface area contributed by atoms with Crippen LogP contribution in [0, 0.1) is 0 Å². The van der Waals surface area contributed by atoms with E-state index in [1.165, 1.54) is 29.7 Å². The van der Waals surface area contributed by atoms with Gasteiger partial charge in [0.1, 0.15) is 5.75 Å². The van der Waals surface area contributed by atoms with Crippen molar-refractivity contribution in [3.05, 3.63) is 53.2 Å². The Morgan fingerprint density at radius 3 is 2.60 bits per heavy atom. The number of thiophene rings is 1. The first-order chi connectivity index (χ1) is 11.9. The van der Waals surface area contributed by atoms with Gasteiger partial charge in [-0.25, -0.2) is 0 Å². The maximum Gasteiger partial charge on any atom is 0.416 e. The van der Waals surface area contributed by atoms with Crippen LogP contribution in [0.4, 0.5) is 13.2 Å². The summed E-state index contributed by atoms with van der Waals surface area (Å²) in [5.74, 6) is 0.446. The summed E-state index contributed by atoms with van der Waals surface area (Å²) >= 11 is 1.27. The van der Waals surface area contributed by atoms with Crippen molar-refractivity contribution in [1.82, 2.24) is 10.3 Å². The van der Waals surface area contributed by atoms with Gasteiger partial charge >= 0.3 is 6.18 Å². The summed E-state index contributed by atoms with van der Waals surface area (Å²) in [4.78, 5) is 16.5. The lowest BCUT2D eigenvalue weighted by molar-refractivity contribution is -0.137. The zero-order valence-corrected chi connectivity index (χ0v) is 13.9.